The van der Waals surface area contributed by atoms with Crippen molar-refractivity contribution >= 4 is 16.1 Å². The summed E-state index contributed by atoms with van der Waals surface area (Å²) in [5.41, 5.74) is 6.91. The van der Waals surface area contributed by atoms with E-state index in [2.05, 4.69) is 9.82 Å². The molecule has 1 aromatic heterocycles. The summed E-state index contributed by atoms with van der Waals surface area (Å²) in [6.07, 6.45) is 7.14. The molecule has 1 aliphatic heterocycles. The second kappa shape index (κ2) is 6.58. The molecule has 0 bridgehead atoms. The van der Waals surface area contributed by atoms with Crippen LogP contribution in [0, 0.1) is 0 Å². The zero-order valence-electron chi connectivity index (χ0n) is 13.1. The van der Waals surface area contributed by atoms with Gasteiger partial charge in [-0.05, 0) is 37.7 Å². The fourth-order valence-corrected chi connectivity index (χ4v) is 4.79. The Morgan fingerprint density at radius 1 is 1.30 bits per heavy atom. The van der Waals surface area contributed by atoms with Crippen LogP contribution in [0.25, 0.3) is 0 Å². The molecule has 3 rings (SSSR count). The van der Waals surface area contributed by atoms with Crippen LogP contribution in [0.2, 0.25) is 0 Å². The maximum atomic E-state index is 12.6. The van der Waals surface area contributed by atoms with Crippen LogP contribution in [-0.4, -0.2) is 41.5 Å². The molecule has 0 radical (unpaired) electrons. The van der Waals surface area contributed by atoms with Crippen molar-refractivity contribution in [1.29, 1.82) is 0 Å². The predicted molar refractivity (Wildman–Crippen MR) is 84.6 cm³/mol. The van der Waals surface area contributed by atoms with E-state index in [9.17, 15) is 13.2 Å². The monoisotopic (exact) mass is 341 g/mol. The molecule has 128 valence electrons. The van der Waals surface area contributed by atoms with Gasteiger partial charge in [-0.1, -0.05) is 6.42 Å². The molecule has 1 amide bonds. The SMILES string of the molecule is NC(=O)Cn1cc2c(n1)[C@@H](NS(=O)(=O)N1CCCCC1)CCC2. The Kier molecular flexibility index (Phi) is 4.69. The highest BCUT2D eigenvalue weighted by atomic mass is 32.2. The van der Waals surface area contributed by atoms with E-state index in [1.807, 2.05) is 0 Å². The van der Waals surface area contributed by atoms with Gasteiger partial charge >= 0.3 is 0 Å². The van der Waals surface area contributed by atoms with Crippen molar-refractivity contribution in [3.8, 4) is 0 Å². The van der Waals surface area contributed by atoms with Gasteiger partial charge in [0.05, 0.1) is 11.7 Å². The molecule has 1 aliphatic carbocycles. The van der Waals surface area contributed by atoms with Crippen molar-refractivity contribution < 1.29 is 13.2 Å². The third-order valence-electron chi connectivity index (χ3n) is 4.40. The van der Waals surface area contributed by atoms with Crippen LogP contribution < -0.4 is 10.5 Å². The van der Waals surface area contributed by atoms with Gasteiger partial charge in [0.25, 0.3) is 10.2 Å². The summed E-state index contributed by atoms with van der Waals surface area (Å²) >= 11 is 0. The molecule has 2 heterocycles. The molecule has 1 saturated heterocycles. The quantitative estimate of drug-likeness (QED) is 0.789. The van der Waals surface area contributed by atoms with E-state index in [1.165, 1.54) is 8.99 Å². The molecule has 9 heteroatoms. The lowest BCUT2D eigenvalue weighted by atomic mass is 9.94. The van der Waals surface area contributed by atoms with Crippen molar-refractivity contribution in [2.24, 2.45) is 5.73 Å². The number of nitrogens with two attached hydrogens (primary N) is 1. The third-order valence-corrected chi connectivity index (χ3v) is 6.03. The van der Waals surface area contributed by atoms with Gasteiger partial charge in [0.1, 0.15) is 6.54 Å². The first-order chi connectivity index (χ1) is 11.0. The van der Waals surface area contributed by atoms with Gasteiger partial charge in [-0.2, -0.15) is 22.5 Å². The highest BCUT2D eigenvalue weighted by molar-refractivity contribution is 7.87. The predicted octanol–water partition coefficient (Wildman–Crippen LogP) is 0.0661. The summed E-state index contributed by atoms with van der Waals surface area (Å²) < 4.78 is 30.9. The van der Waals surface area contributed by atoms with Gasteiger partial charge in [-0.3, -0.25) is 9.48 Å². The van der Waals surface area contributed by atoms with Crippen molar-refractivity contribution in [3.05, 3.63) is 17.5 Å². The first-order valence-corrected chi connectivity index (χ1v) is 9.51. The van der Waals surface area contributed by atoms with Gasteiger partial charge in [0.15, 0.2) is 0 Å². The Labute approximate surface area is 136 Å². The molecule has 0 saturated carbocycles. The molecule has 1 aromatic rings. The molecular weight excluding hydrogens is 318 g/mol. The highest BCUT2D eigenvalue weighted by Gasteiger charge is 2.31. The number of fused-ring (bicyclic) bond motifs is 1. The third kappa shape index (κ3) is 3.73. The molecule has 0 unspecified atom stereocenters. The smallest absolute Gasteiger partial charge is 0.280 e. The van der Waals surface area contributed by atoms with Crippen LogP contribution in [0.5, 0.6) is 0 Å². The van der Waals surface area contributed by atoms with Gasteiger partial charge in [-0.25, -0.2) is 0 Å². The standard InChI is InChI=1S/C14H23N5O3S/c15-13(20)10-18-9-11-5-4-6-12(14(11)16-18)17-23(21,22)19-7-2-1-3-8-19/h9,12,17H,1-8,10H2,(H2,15,20)/t12-/m0/s1. The maximum absolute atomic E-state index is 12.6. The summed E-state index contributed by atoms with van der Waals surface area (Å²) in [5, 5.41) is 4.37. The minimum absolute atomic E-state index is 0.0125. The lowest BCUT2D eigenvalue weighted by Crippen LogP contribution is -2.45. The molecule has 8 nitrogen and oxygen atoms in total. The molecule has 1 atom stereocenters. The molecule has 2 aliphatic rings. The number of hydrogen-bond acceptors (Lipinski definition) is 4. The van der Waals surface area contributed by atoms with Crippen LogP contribution in [0.4, 0.5) is 0 Å². The number of aryl methyl sites for hydroxylation is 1. The number of hydrogen-bond donors (Lipinski definition) is 2. The van der Waals surface area contributed by atoms with Crippen molar-refractivity contribution in [1.82, 2.24) is 18.8 Å². The topological polar surface area (TPSA) is 110 Å². The number of piperidine rings is 1. The Balaban J connectivity index is 1.77. The maximum Gasteiger partial charge on any atom is 0.280 e. The molecule has 23 heavy (non-hydrogen) atoms. The lowest BCUT2D eigenvalue weighted by molar-refractivity contribution is -0.118. The van der Waals surface area contributed by atoms with E-state index < -0.39 is 16.1 Å². The summed E-state index contributed by atoms with van der Waals surface area (Å²) in [4.78, 5) is 11.0. The second-order valence-electron chi connectivity index (χ2n) is 6.23. The first kappa shape index (κ1) is 16.4. The van der Waals surface area contributed by atoms with Crippen molar-refractivity contribution in [2.45, 2.75) is 51.1 Å². The Morgan fingerprint density at radius 3 is 2.74 bits per heavy atom. The minimum Gasteiger partial charge on any atom is -0.368 e. The molecule has 0 aromatic carbocycles. The summed E-state index contributed by atoms with van der Waals surface area (Å²) in [7, 11) is -3.50. The van der Waals surface area contributed by atoms with Gasteiger partial charge < -0.3 is 5.73 Å². The highest BCUT2D eigenvalue weighted by Crippen LogP contribution is 2.29. The average Bonchev–Trinajstić information content (AvgIpc) is 2.90. The fourth-order valence-electron chi connectivity index (χ4n) is 3.31. The number of rotatable bonds is 5. The Hall–Kier alpha value is -1.45. The van der Waals surface area contributed by atoms with Crippen LogP contribution in [-0.2, 0) is 28.0 Å². The number of amides is 1. The van der Waals surface area contributed by atoms with E-state index >= 15 is 0 Å². The number of nitrogens with one attached hydrogen (secondary N) is 1. The number of nitrogens with zero attached hydrogens (tertiary/aromatic N) is 3. The largest absolute Gasteiger partial charge is 0.368 e. The zero-order chi connectivity index (χ0) is 16.4. The van der Waals surface area contributed by atoms with Gasteiger partial charge in [-0.15, -0.1) is 0 Å². The molecular formula is C14H23N5O3S. The fraction of sp³-hybridized carbons (Fsp3) is 0.714. The number of primary amides is 1. The Bertz CT molecular complexity index is 679. The summed E-state index contributed by atoms with van der Waals surface area (Å²) in [5.74, 6) is -0.463. The number of carbonyl (C=O) groups is 1. The average molecular weight is 341 g/mol. The van der Waals surface area contributed by atoms with E-state index in [0.29, 0.717) is 19.5 Å². The normalized spacial score (nSPS) is 22.7. The van der Waals surface area contributed by atoms with Gasteiger partial charge in [0, 0.05) is 19.3 Å². The van der Waals surface area contributed by atoms with E-state index in [-0.39, 0.29) is 12.6 Å². The van der Waals surface area contributed by atoms with E-state index in [4.69, 9.17) is 5.73 Å². The van der Waals surface area contributed by atoms with Gasteiger partial charge in [0.2, 0.25) is 5.91 Å². The van der Waals surface area contributed by atoms with E-state index in [0.717, 1.165) is 43.4 Å². The van der Waals surface area contributed by atoms with Crippen LogP contribution in [0.1, 0.15) is 49.4 Å². The van der Waals surface area contributed by atoms with Crippen molar-refractivity contribution in [2.75, 3.05) is 13.1 Å². The van der Waals surface area contributed by atoms with Crippen LogP contribution in [0.15, 0.2) is 6.20 Å². The Morgan fingerprint density at radius 2 is 2.04 bits per heavy atom. The molecule has 1 fully saturated rings. The van der Waals surface area contributed by atoms with Crippen LogP contribution >= 0.6 is 0 Å². The number of aromatic nitrogens is 2. The molecule has 0 spiro atoms. The lowest BCUT2D eigenvalue weighted by Gasteiger charge is -2.29. The zero-order valence-corrected chi connectivity index (χ0v) is 13.9. The van der Waals surface area contributed by atoms with Crippen LogP contribution in [0.3, 0.4) is 0 Å². The first-order valence-electron chi connectivity index (χ1n) is 8.07. The summed E-state index contributed by atoms with van der Waals surface area (Å²) in [6.45, 7) is 1.16. The van der Waals surface area contributed by atoms with Crippen molar-refractivity contribution in [3.63, 3.8) is 0 Å². The summed E-state index contributed by atoms with van der Waals surface area (Å²) in [6, 6.07) is -0.334. The minimum atomic E-state index is -3.50. The molecule has 3 N–H and O–H groups in total. The second-order valence-corrected chi connectivity index (χ2v) is 7.93. The van der Waals surface area contributed by atoms with E-state index in [1.54, 1.807) is 6.20 Å². The number of carbonyl (C=O) groups excluding carboxylic acids is 1.